The molecule has 4 heterocycles. The number of carboxylic acids is 2. The van der Waals surface area contributed by atoms with Crippen LogP contribution in [0.2, 0.25) is 5.15 Å². The Balaban J connectivity index is 0.000000239. The minimum atomic E-state index is -1.49. The van der Waals surface area contributed by atoms with Gasteiger partial charge in [0.25, 0.3) is 0 Å². The number of benzene rings is 6. The van der Waals surface area contributed by atoms with Gasteiger partial charge in [0.05, 0.1) is 59.8 Å². The van der Waals surface area contributed by atoms with Crippen LogP contribution < -0.4 is 11.2 Å². The van der Waals surface area contributed by atoms with Gasteiger partial charge in [0.15, 0.2) is 0 Å². The molecule has 6 aromatic carbocycles. The van der Waals surface area contributed by atoms with E-state index in [1.165, 1.54) is 13.1 Å². The molecule has 0 radical (unpaired) electrons. The van der Waals surface area contributed by atoms with Gasteiger partial charge in [-0.1, -0.05) is 153 Å². The second-order valence-electron chi connectivity index (χ2n) is 25.0. The van der Waals surface area contributed by atoms with Crippen LogP contribution in [0.4, 0.5) is 0 Å². The Morgan fingerprint density at radius 1 is 0.531 bits per heavy atom. The van der Waals surface area contributed by atoms with Crippen LogP contribution in [-0.2, 0) is 25.3 Å². The molecule has 9 aromatic rings. The van der Waals surface area contributed by atoms with E-state index in [9.17, 15) is 29.4 Å². The molecule has 0 saturated carbocycles. The van der Waals surface area contributed by atoms with Gasteiger partial charge in [-0.15, -0.1) is 0 Å². The number of carboxylic acid groups (broad SMARTS) is 2. The molecule has 0 bridgehead atoms. The number of hydrogen-bond acceptors (Lipinski definition) is 15. The van der Waals surface area contributed by atoms with Crippen molar-refractivity contribution in [1.82, 2.24) is 29.9 Å². The Hall–Kier alpha value is -9.79. The fourth-order valence-corrected chi connectivity index (χ4v) is 9.70. The van der Waals surface area contributed by atoms with Gasteiger partial charge in [0.2, 0.25) is 0 Å². The zero-order valence-corrected chi connectivity index (χ0v) is 57.7. The first-order valence-electron chi connectivity index (χ1n) is 31.4. The highest BCUT2D eigenvalue weighted by Gasteiger charge is 2.52. The van der Waals surface area contributed by atoms with Crippen LogP contribution in [0.3, 0.4) is 0 Å². The van der Waals surface area contributed by atoms with Crippen molar-refractivity contribution in [3.8, 4) is 22.5 Å². The lowest BCUT2D eigenvalue weighted by Gasteiger charge is -2.32. The Labute approximate surface area is 581 Å². The topological polar surface area (TPSA) is 271 Å². The van der Waals surface area contributed by atoms with Gasteiger partial charge >= 0.3 is 19.1 Å². The highest BCUT2D eigenvalue weighted by molar-refractivity contribution is 6.62. The van der Waals surface area contributed by atoms with Gasteiger partial charge in [-0.3, -0.25) is 44.1 Å². The molecule has 98 heavy (non-hydrogen) atoms. The molecule has 3 aromatic heterocycles. The molecule has 0 amide bonds. The Kier molecular flexibility index (Phi) is 29.4. The first-order valence-corrected chi connectivity index (χ1v) is 31.8. The highest BCUT2D eigenvalue weighted by atomic mass is 35.5. The number of hydrogen-bond donors (Lipinski definition) is 5. The summed E-state index contributed by atoms with van der Waals surface area (Å²) in [7, 11) is -0.372. The molecule has 19 heteroatoms. The van der Waals surface area contributed by atoms with Gasteiger partial charge in [0.1, 0.15) is 23.3 Å². The molecular formula is C79H89BClN7O10. The number of aryl methyl sites for hydroxylation is 4. The van der Waals surface area contributed by atoms with Gasteiger partial charge in [-0.25, -0.2) is 4.98 Å². The number of nitrogens with zero attached hydrogens (tertiary/aromatic N) is 6. The van der Waals surface area contributed by atoms with E-state index in [1.54, 1.807) is 56.5 Å². The molecule has 1 fully saturated rings. The third kappa shape index (κ3) is 21.9. The number of aliphatic carboxylic acids is 2. The summed E-state index contributed by atoms with van der Waals surface area (Å²) in [6.45, 7) is 22.6. The maximum absolute atomic E-state index is 11.4. The number of aromatic nitrogens is 6. The van der Waals surface area contributed by atoms with E-state index in [4.69, 9.17) is 36.9 Å². The number of aliphatic hydroxyl groups is 2. The van der Waals surface area contributed by atoms with Gasteiger partial charge in [0, 0.05) is 59.4 Å². The number of carbonyl (C=O) groups is 4. The number of aliphatic hydroxyl groups excluding tert-OH is 2. The molecule has 1 aliphatic heterocycles. The van der Waals surface area contributed by atoms with Crippen LogP contribution in [-0.4, -0.2) is 112 Å². The van der Waals surface area contributed by atoms with Crippen LogP contribution in [0.25, 0.3) is 59.0 Å². The summed E-state index contributed by atoms with van der Waals surface area (Å²) in [5, 5.41) is 35.7. The van der Waals surface area contributed by atoms with E-state index in [0.717, 1.165) is 113 Å². The molecular weight excluding hydrogens is 1250 g/mol. The van der Waals surface area contributed by atoms with Crippen molar-refractivity contribution >= 4 is 85.1 Å². The first kappa shape index (κ1) is 78.9. The zero-order valence-electron chi connectivity index (χ0n) is 57.0. The molecule has 17 nitrogen and oxygen atoms in total. The largest absolute Gasteiger partial charge is 0.495 e. The first-order chi connectivity index (χ1) is 46.1. The minimum Gasteiger partial charge on any atom is -0.481 e. The van der Waals surface area contributed by atoms with E-state index >= 15 is 0 Å². The summed E-state index contributed by atoms with van der Waals surface area (Å²) < 4.78 is 12.4. The van der Waals surface area contributed by atoms with Gasteiger partial charge in [-0.05, 0) is 186 Å². The quantitative estimate of drug-likeness (QED) is 0.0303. The summed E-state index contributed by atoms with van der Waals surface area (Å²) in [6.07, 6.45) is 30.0. The average Bonchev–Trinajstić information content (AvgIpc) is 1.61. The van der Waals surface area contributed by atoms with Gasteiger partial charge in [-0.2, -0.15) is 0 Å². The summed E-state index contributed by atoms with van der Waals surface area (Å²) >= 11 is 5.37. The number of rotatable bonds is 18. The maximum atomic E-state index is 11.4. The molecule has 0 spiro atoms. The minimum absolute atomic E-state index is 0. The van der Waals surface area contributed by atoms with E-state index in [-0.39, 0.29) is 32.4 Å². The Morgan fingerprint density at radius 3 is 1.30 bits per heavy atom. The van der Waals surface area contributed by atoms with Crippen molar-refractivity contribution in [3.63, 3.8) is 0 Å². The fraction of sp³-hybridized carbons (Fsp3) is 0.266. The van der Waals surface area contributed by atoms with E-state index in [0.29, 0.717) is 29.1 Å². The van der Waals surface area contributed by atoms with Crippen molar-refractivity contribution in [2.75, 3.05) is 13.2 Å². The lowest BCUT2D eigenvalue weighted by molar-refractivity contribution is -0.150. The molecule has 0 unspecified atom stereocenters. The fourth-order valence-electron chi connectivity index (χ4n) is 9.59. The van der Waals surface area contributed by atoms with E-state index in [2.05, 4.69) is 158 Å². The van der Waals surface area contributed by atoms with Crippen molar-refractivity contribution in [3.05, 3.63) is 254 Å². The molecule has 10 rings (SSSR count). The Morgan fingerprint density at radius 2 is 0.939 bits per heavy atom. The van der Waals surface area contributed by atoms with Crippen LogP contribution in [0.1, 0.15) is 148 Å². The molecule has 1 saturated heterocycles. The molecule has 1 aliphatic rings. The predicted molar refractivity (Wildman–Crippen MR) is 395 cm³/mol. The van der Waals surface area contributed by atoms with Crippen molar-refractivity contribution in [2.45, 2.75) is 120 Å². The van der Waals surface area contributed by atoms with Crippen LogP contribution >= 0.6 is 11.6 Å². The molecule has 0 aliphatic carbocycles. The number of carbonyl (C=O) groups excluding carboxylic acids is 2. The second kappa shape index (κ2) is 36.5. The van der Waals surface area contributed by atoms with Crippen molar-refractivity contribution in [2.24, 2.45) is 11.1 Å². The second-order valence-corrected chi connectivity index (χ2v) is 25.3. The maximum Gasteiger partial charge on any atom is 0.495 e. The lowest BCUT2D eigenvalue weighted by Crippen LogP contribution is -2.48. The van der Waals surface area contributed by atoms with Gasteiger partial charge < -0.3 is 35.5 Å². The van der Waals surface area contributed by atoms with Crippen LogP contribution in [0, 0.1) is 47.0 Å². The summed E-state index contributed by atoms with van der Waals surface area (Å²) in [5.74, 6) is -2.17. The predicted octanol–water partition coefficient (Wildman–Crippen LogP) is 14.8. The van der Waals surface area contributed by atoms with E-state index < -0.39 is 29.5 Å². The standard InChI is InChI=1S/C26H28N2O3.C23H27BO3.C21H18N2O.C4H3ClN2.C4H9NO3.CH4/c1-18-7-8-20(11-12-26(3,17-29)25(30)31)15-22(18)10-9-21-5-4-6-23(19(21)2)24-16-27-13-14-28-24;1-16-10-11-18(15-25)14-20(16)13-12-19-8-7-9-21(17(19)2)24-26-22(3,4)23(5,6)27-24;1-15-6-7-17(14-24)12-19(15)9-8-18-4-3-5-20(16(18)2)21-13-22-10-11-23-21;5-4-3-6-1-2-7-4;1-4(5,2-6)3(7)8;/h4-10,13-16,29H,11-12,17H2,1-3H3,(H,30,31);7-15H,1-6H3;3-14H,1-2H3;1-3H;6H,2,5H2,1H3,(H,7,8);1H4/b10-9+;13-12+;9-8+;;;/t26-;;;;4-;/m0...0./s1. The molecule has 510 valence electrons. The van der Waals surface area contributed by atoms with Crippen molar-refractivity contribution < 1.29 is 48.9 Å². The molecule has 6 N–H and O–H groups in total. The summed E-state index contributed by atoms with van der Waals surface area (Å²) in [6, 6.07) is 36.0. The monoisotopic (exact) mass is 1340 g/mol. The van der Waals surface area contributed by atoms with Crippen LogP contribution in [0.5, 0.6) is 0 Å². The number of halogens is 1. The third-order valence-electron chi connectivity index (χ3n) is 17.1. The molecule has 2 atom stereocenters. The normalized spacial score (nSPS) is 13.9. The SMILES string of the molecule is C.C[C@](N)(CO)C(=O)O.Cc1ccc(C=O)cc1/C=C/c1cccc(-c2cnccn2)c1C.Cc1ccc(C=O)cc1/C=C/c1cccc(B2OC(C)(C)C(C)(C)O2)c1C.Cc1ccc(CC[C@@](C)(CO)C(=O)O)cc1/C=C/c1cccc(-c2cnccn2)c1C.Clc1cnccn1. The Bertz CT molecular complexity index is 4230. The highest BCUT2D eigenvalue weighted by Crippen LogP contribution is 2.37. The number of nitrogens with two attached hydrogens (primary N) is 1. The number of aldehydes is 2. The van der Waals surface area contributed by atoms with E-state index in [1.807, 2.05) is 86.7 Å². The average molecular weight is 1340 g/mol. The smallest absolute Gasteiger partial charge is 0.481 e. The van der Waals surface area contributed by atoms with Crippen molar-refractivity contribution in [1.29, 1.82) is 0 Å². The zero-order chi connectivity index (χ0) is 71.1. The van der Waals surface area contributed by atoms with Crippen LogP contribution in [0.15, 0.2) is 165 Å². The summed E-state index contributed by atoms with van der Waals surface area (Å²) in [4.78, 5) is 67.9. The summed E-state index contributed by atoms with van der Waals surface area (Å²) in [5.41, 5.74) is 22.3. The lowest BCUT2D eigenvalue weighted by atomic mass is 9.75. The third-order valence-corrected chi connectivity index (χ3v) is 17.3.